The molecule has 0 unspecified atom stereocenters. The smallest absolute Gasteiger partial charge is 0.146 e. The molecule has 2 aliphatic rings. The maximum atomic E-state index is 14.0. The summed E-state index contributed by atoms with van der Waals surface area (Å²) in [6.07, 6.45) is 6.68. The monoisotopic (exact) mass is 371 g/mol. The van der Waals surface area contributed by atoms with Gasteiger partial charge in [0.1, 0.15) is 5.82 Å². The van der Waals surface area contributed by atoms with E-state index in [0.29, 0.717) is 6.04 Å². The lowest BCUT2D eigenvalue weighted by atomic mass is 10.0. The average Bonchev–Trinajstić information content (AvgIpc) is 3.16. The lowest BCUT2D eigenvalue weighted by Crippen LogP contribution is -2.55. The predicted octanol–water partition coefficient (Wildman–Crippen LogP) is 2.83. The number of para-hydroxylation sites is 1. The summed E-state index contributed by atoms with van der Waals surface area (Å²) in [5.74, 6) is -0.109. The van der Waals surface area contributed by atoms with Crippen molar-refractivity contribution < 1.29 is 4.39 Å². The van der Waals surface area contributed by atoms with Gasteiger partial charge in [0.15, 0.2) is 0 Å². The van der Waals surface area contributed by atoms with Crippen LogP contribution in [0.15, 0.2) is 36.7 Å². The largest absolute Gasteiger partial charge is 0.367 e. The molecule has 0 radical (unpaired) electrons. The first-order valence-electron chi connectivity index (χ1n) is 10.2. The summed E-state index contributed by atoms with van der Waals surface area (Å²) in [6, 6.07) is 7.74. The molecule has 2 fully saturated rings. The third-order valence-electron chi connectivity index (χ3n) is 5.92. The van der Waals surface area contributed by atoms with Crippen molar-refractivity contribution in [2.75, 3.05) is 44.2 Å². The fourth-order valence-electron chi connectivity index (χ4n) is 4.43. The molecule has 2 saturated heterocycles. The van der Waals surface area contributed by atoms with Gasteiger partial charge in [-0.2, -0.15) is 5.10 Å². The molecule has 1 aromatic carbocycles. The Morgan fingerprint density at radius 2 is 1.93 bits per heavy atom. The van der Waals surface area contributed by atoms with Crippen LogP contribution in [0.3, 0.4) is 0 Å². The molecule has 3 heterocycles. The van der Waals surface area contributed by atoms with Crippen molar-refractivity contribution in [3.8, 4) is 0 Å². The van der Waals surface area contributed by atoms with Crippen LogP contribution in [0.25, 0.3) is 0 Å². The number of aryl methyl sites for hydroxylation is 1. The topological polar surface area (TPSA) is 27.5 Å². The fraction of sp³-hybridized carbons (Fsp3) is 0.571. The molecule has 6 heteroatoms. The number of halogens is 1. The third-order valence-corrected chi connectivity index (χ3v) is 5.92. The van der Waals surface area contributed by atoms with E-state index in [1.54, 1.807) is 12.1 Å². The quantitative estimate of drug-likeness (QED) is 0.808. The van der Waals surface area contributed by atoms with E-state index in [1.807, 2.05) is 23.0 Å². The minimum absolute atomic E-state index is 0.109. The van der Waals surface area contributed by atoms with E-state index in [4.69, 9.17) is 0 Å². The Morgan fingerprint density at radius 1 is 1.11 bits per heavy atom. The molecule has 27 heavy (non-hydrogen) atoms. The molecule has 0 N–H and O–H groups in total. The lowest BCUT2D eigenvalue weighted by Gasteiger charge is -2.44. The number of piperazine rings is 1. The van der Waals surface area contributed by atoms with Gasteiger partial charge in [0.25, 0.3) is 0 Å². The SMILES string of the molecule is CCn1cc(CN2CCC[C@@H](N3CCN(c4ccccc4F)CC3)C2)cn1. The number of likely N-dealkylation sites (tertiary alicyclic amines) is 1. The van der Waals surface area contributed by atoms with E-state index in [-0.39, 0.29) is 5.82 Å². The highest BCUT2D eigenvalue weighted by Crippen LogP contribution is 2.23. The second kappa shape index (κ2) is 8.40. The molecule has 2 aliphatic heterocycles. The van der Waals surface area contributed by atoms with Gasteiger partial charge in [-0.3, -0.25) is 14.5 Å². The fourth-order valence-corrected chi connectivity index (χ4v) is 4.43. The lowest BCUT2D eigenvalue weighted by molar-refractivity contribution is 0.0886. The van der Waals surface area contributed by atoms with Crippen molar-refractivity contribution in [1.82, 2.24) is 19.6 Å². The van der Waals surface area contributed by atoms with Crippen LogP contribution in [0.2, 0.25) is 0 Å². The predicted molar refractivity (Wildman–Crippen MR) is 106 cm³/mol. The second-order valence-corrected chi connectivity index (χ2v) is 7.71. The zero-order valence-electron chi connectivity index (χ0n) is 16.2. The Hall–Kier alpha value is -1.92. The van der Waals surface area contributed by atoms with E-state index in [1.165, 1.54) is 24.9 Å². The molecule has 1 atom stereocenters. The zero-order chi connectivity index (χ0) is 18.6. The van der Waals surface area contributed by atoms with Gasteiger partial charge in [-0.1, -0.05) is 12.1 Å². The molecule has 0 amide bonds. The van der Waals surface area contributed by atoms with Crippen LogP contribution >= 0.6 is 0 Å². The highest BCUT2D eigenvalue weighted by Gasteiger charge is 2.28. The maximum Gasteiger partial charge on any atom is 0.146 e. The van der Waals surface area contributed by atoms with Gasteiger partial charge in [-0.15, -0.1) is 0 Å². The number of nitrogens with zero attached hydrogens (tertiary/aromatic N) is 5. The summed E-state index contributed by atoms with van der Waals surface area (Å²) in [4.78, 5) is 7.36. The Morgan fingerprint density at radius 3 is 2.67 bits per heavy atom. The van der Waals surface area contributed by atoms with Crippen molar-refractivity contribution in [2.24, 2.45) is 0 Å². The van der Waals surface area contributed by atoms with Crippen molar-refractivity contribution >= 4 is 5.69 Å². The summed E-state index contributed by atoms with van der Waals surface area (Å²) in [5.41, 5.74) is 2.05. The number of anilines is 1. The zero-order valence-corrected chi connectivity index (χ0v) is 16.2. The molecular formula is C21H30FN5. The van der Waals surface area contributed by atoms with Gasteiger partial charge < -0.3 is 4.90 Å². The number of rotatable bonds is 5. The van der Waals surface area contributed by atoms with Crippen molar-refractivity contribution in [2.45, 2.75) is 38.9 Å². The van der Waals surface area contributed by atoms with Crippen molar-refractivity contribution in [1.29, 1.82) is 0 Å². The Balaban J connectivity index is 1.31. The minimum atomic E-state index is -0.109. The molecule has 4 rings (SSSR count). The number of piperidine rings is 1. The molecule has 2 aromatic rings. The van der Waals surface area contributed by atoms with Gasteiger partial charge in [-0.05, 0) is 38.4 Å². The summed E-state index contributed by atoms with van der Waals surface area (Å²) in [7, 11) is 0. The first-order chi connectivity index (χ1) is 13.2. The second-order valence-electron chi connectivity index (χ2n) is 7.71. The van der Waals surface area contributed by atoms with Crippen LogP contribution in [-0.2, 0) is 13.1 Å². The molecule has 0 saturated carbocycles. The number of benzene rings is 1. The summed E-state index contributed by atoms with van der Waals surface area (Å²) in [6.45, 7) is 10.2. The molecule has 0 aliphatic carbocycles. The maximum absolute atomic E-state index is 14.0. The number of aromatic nitrogens is 2. The highest BCUT2D eigenvalue weighted by molar-refractivity contribution is 5.48. The van der Waals surface area contributed by atoms with Gasteiger partial charge in [-0.25, -0.2) is 4.39 Å². The van der Waals surface area contributed by atoms with Crippen molar-refractivity contribution in [3.05, 3.63) is 48.0 Å². The van der Waals surface area contributed by atoms with Crippen molar-refractivity contribution in [3.63, 3.8) is 0 Å². The van der Waals surface area contributed by atoms with Crippen LogP contribution in [0.5, 0.6) is 0 Å². The van der Waals surface area contributed by atoms with E-state index < -0.39 is 0 Å². The van der Waals surface area contributed by atoms with Crippen LogP contribution < -0.4 is 4.90 Å². The van der Waals surface area contributed by atoms with Crippen LogP contribution in [0, 0.1) is 5.82 Å². The first kappa shape index (κ1) is 18.4. The van der Waals surface area contributed by atoms with Gasteiger partial charge in [0.05, 0.1) is 11.9 Å². The first-order valence-corrected chi connectivity index (χ1v) is 10.2. The molecular weight excluding hydrogens is 341 g/mol. The Bertz CT molecular complexity index is 738. The molecule has 5 nitrogen and oxygen atoms in total. The molecule has 1 aromatic heterocycles. The highest BCUT2D eigenvalue weighted by atomic mass is 19.1. The molecule has 0 spiro atoms. The summed E-state index contributed by atoms with van der Waals surface area (Å²) < 4.78 is 16.0. The van der Waals surface area contributed by atoms with E-state index in [2.05, 4.69) is 32.9 Å². The summed E-state index contributed by atoms with van der Waals surface area (Å²) in [5, 5.41) is 4.40. The Labute approximate surface area is 161 Å². The number of hydrogen-bond donors (Lipinski definition) is 0. The average molecular weight is 372 g/mol. The van der Waals surface area contributed by atoms with Crippen LogP contribution in [-0.4, -0.2) is 64.9 Å². The van der Waals surface area contributed by atoms with E-state index in [0.717, 1.165) is 51.5 Å². The van der Waals surface area contributed by atoms with E-state index >= 15 is 0 Å². The van der Waals surface area contributed by atoms with Crippen LogP contribution in [0.1, 0.15) is 25.3 Å². The number of hydrogen-bond acceptors (Lipinski definition) is 4. The van der Waals surface area contributed by atoms with Gasteiger partial charge >= 0.3 is 0 Å². The Kier molecular flexibility index (Phi) is 5.74. The van der Waals surface area contributed by atoms with Gasteiger partial charge in [0, 0.05) is 63.6 Å². The minimum Gasteiger partial charge on any atom is -0.367 e. The van der Waals surface area contributed by atoms with Gasteiger partial charge in [0.2, 0.25) is 0 Å². The third kappa shape index (κ3) is 4.33. The standard InChI is InChI=1S/C21H30FN5/c1-2-27-16-18(14-23-27)15-24-9-5-6-19(17-24)25-10-12-26(13-11-25)21-8-4-3-7-20(21)22/h3-4,7-8,14,16,19H,2,5-6,9-13,15,17H2,1H3/t19-/m1/s1. The van der Waals surface area contributed by atoms with E-state index in [9.17, 15) is 4.39 Å². The molecule has 0 bridgehead atoms. The summed E-state index contributed by atoms with van der Waals surface area (Å²) >= 11 is 0. The molecule has 146 valence electrons. The van der Waals surface area contributed by atoms with Crippen LogP contribution in [0.4, 0.5) is 10.1 Å². The normalized spacial score (nSPS) is 22.3.